The summed E-state index contributed by atoms with van der Waals surface area (Å²) in [4.78, 5) is 31.0. The van der Waals surface area contributed by atoms with Crippen LogP contribution in [0.15, 0.2) is 66.0 Å². The molecule has 3 aromatic rings. The Morgan fingerprint density at radius 2 is 1.75 bits per heavy atom. The van der Waals surface area contributed by atoms with Gasteiger partial charge in [-0.25, -0.2) is 10.2 Å². The lowest BCUT2D eigenvalue weighted by Crippen LogP contribution is -2.46. The number of ether oxygens (including phenoxy) is 4. The van der Waals surface area contributed by atoms with Crippen molar-refractivity contribution in [3.05, 3.63) is 72.1 Å². The van der Waals surface area contributed by atoms with E-state index in [0.29, 0.717) is 32.0 Å². The van der Waals surface area contributed by atoms with Crippen LogP contribution in [0.3, 0.4) is 0 Å². The molecule has 1 aromatic heterocycles. The van der Waals surface area contributed by atoms with Gasteiger partial charge in [-0.1, -0.05) is 31.0 Å². The number of pyridine rings is 1. The number of methoxy groups -OCH3 is 2. The summed E-state index contributed by atoms with van der Waals surface area (Å²) < 4.78 is 23.2. The van der Waals surface area contributed by atoms with Gasteiger partial charge >= 0.3 is 6.09 Å². The number of hydrogen-bond acceptors (Lipinski definition) is 10. The highest BCUT2D eigenvalue weighted by Gasteiger charge is 2.36. The smallest absolute Gasteiger partial charge is 0.407 e. The lowest BCUT2D eigenvalue weighted by molar-refractivity contribution is -0.121. The molecule has 3 atom stereocenters. The van der Waals surface area contributed by atoms with Crippen molar-refractivity contribution in [2.24, 2.45) is 5.10 Å². The summed E-state index contributed by atoms with van der Waals surface area (Å²) in [5.74, 6) is 1.40. The highest BCUT2D eigenvalue weighted by Crippen LogP contribution is 2.31. The van der Waals surface area contributed by atoms with Gasteiger partial charge in [-0.05, 0) is 85.5 Å². The van der Waals surface area contributed by atoms with Crippen molar-refractivity contribution in [1.29, 1.82) is 0 Å². The van der Waals surface area contributed by atoms with Gasteiger partial charge < -0.3 is 29.6 Å². The summed E-state index contributed by atoms with van der Waals surface area (Å²) in [6.45, 7) is 3.56. The average molecular weight is 713 g/mol. The minimum atomic E-state index is -0.351. The number of amides is 2. The molecule has 278 valence electrons. The molecule has 3 aliphatic rings. The minimum Gasteiger partial charge on any atom is -0.493 e. The molecule has 3 heterocycles. The van der Waals surface area contributed by atoms with Crippen LogP contribution in [0.2, 0.25) is 0 Å². The molecule has 2 amide bonds. The molecule has 12 heteroatoms. The van der Waals surface area contributed by atoms with Crippen LogP contribution in [0.25, 0.3) is 11.1 Å². The fourth-order valence-electron chi connectivity index (χ4n) is 7.40. The highest BCUT2D eigenvalue weighted by molar-refractivity contribution is 6.08. The second-order valence-electron chi connectivity index (χ2n) is 13.7. The molecule has 2 aliphatic heterocycles. The fraction of sp³-hybridized carbons (Fsp3) is 0.500. The van der Waals surface area contributed by atoms with E-state index in [1.165, 1.54) is 12.8 Å². The van der Waals surface area contributed by atoms with Crippen LogP contribution < -0.4 is 25.5 Å². The lowest BCUT2D eigenvalue weighted by Gasteiger charge is -2.37. The van der Waals surface area contributed by atoms with Crippen molar-refractivity contribution in [3.63, 3.8) is 0 Å². The zero-order valence-corrected chi connectivity index (χ0v) is 30.4. The first-order chi connectivity index (χ1) is 25.5. The number of likely N-dealkylation sites (tertiary alicyclic amines) is 1. The monoisotopic (exact) mass is 712 g/mol. The summed E-state index contributed by atoms with van der Waals surface area (Å²) >= 11 is 0. The van der Waals surface area contributed by atoms with Gasteiger partial charge in [0.2, 0.25) is 5.91 Å². The lowest BCUT2D eigenvalue weighted by atomic mass is 9.91. The van der Waals surface area contributed by atoms with E-state index in [0.717, 1.165) is 103 Å². The Bertz CT molecular complexity index is 1670. The van der Waals surface area contributed by atoms with E-state index in [4.69, 9.17) is 18.9 Å². The molecule has 0 radical (unpaired) electrons. The van der Waals surface area contributed by atoms with E-state index >= 15 is 0 Å². The number of carbonyl (C=O) groups is 2. The van der Waals surface area contributed by atoms with Crippen molar-refractivity contribution in [2.75, 3.05) is 52.3 Å². The summed E-state index contributed by atoms with van der Waals surface area (Å²) in [5, 5.41) is 10.8. The van der Waals surface area contributed by atoms with Crippen LogP contribution in [0, 0.1) is 0 Å². The van der Waals surface area contributed by atoms with Crippen LogP contribution in [0.1, 0.15) is 68.9 Å². The summed E-state index contributed by atoms with van der Waals surface area (Å²) in [6.07, 6.45) is 12.1. The molecule has 12 nitrogen and oxygen atoms in total. The zero-order chi connectivity index (χ0) is 36.1. The topological polar surface area (TPSA) is 136 Å². The van der Waals surface area contributed by atoms with Crippen molar-refractivity contribution in [1.82, 2.24) is 20.6 Å². The number of anilines is 1. The van der Waals surface area contributed by atoms with Crippen LogP contribution in [0.5, 0.6) is 11.5 Å². The number of nitrogens with zero attached hydrogens (tertiary/aromatic N) is 3. The summed E-state index contributed by atoms with van der Waals surface area (Å²) in [7, 11) is 3.30. The van der Waals surface area contributed by atoms with Crippen LogP contribution in [-0.4, -0.2) is 92.9 Å². The molecule has 6 rings (SSSR count). The van der Waals surface area contributed by atoms with Gasteiger partial charge in [-0.15, -0.1) is 0 Å². The first kappa shape index (κ1) is 37.1. The minimum absolute atomic E-state index is 0.0647. The largest absolute Gasteiger partial charge is 0.493 e. The van der Waals surface area contributed by atoms with E-state index in [1.54, 1.807) is 26.6 Å². The van der Waals surface area contributed by atoms with Crippen molar-refractivity contribution >= 4 is 23.4 Å². The first-order valence-electron chi connectivity index (χ1n) is 18.7. The van der Waals surface area contributed by atoms with Crippen molar-refractivity contribution < 1.29 is 28.5 Å². The molecule has 1 saturated carbocycles. The normalized spacial score (nSPS) is 20.5. The van der Waals surface area contributed by atoms with E-state index < -0.39 is 0 Å². The van der Waals surface area contributed by atoms with Gasteiger partial charge in [-0.3, -0.25) is 14.7 Å². The Morgan fingerprint density at radius 1 is 0.923 bits per heavy atom. The van der Waals surface area contributed by atoms with Gasteiger partial charge in [0.25, 0.3) is 0 Å². The molecule has 1 saturated heterocycles. The Labute approximate surface area is 306 Å². The molecular formula is C40H52N6O6. The Balaban J connectivity index is 0.913. The number of aromatic nitrogens is 1. The van der Waals surface area contributed by atoms with E-state index in [9.17, 15) is 9.59 Å². The maximum atomic E-state index is 12.7. The number of rotatable bonds is 16. The predicted molar refractivity (Wildman–Crippen MR) is 201 cm³/mol. The molecule has 2 fully saturated rings. The van der Waals surface area contributed by atoms with Gasteiger partial charge in [0.15, 0.2) is 11.5 Å². The molecule has 52 heavy (non-hydrogen) atoms. The number of hydrogen-bond donors (Lipinski definition) is 3. The molecule has 0 spiro atoms. The molecule has 2 aromatic carbocycles. The number of carbonyl (C=O) groups excluding carboxylic acids is 2. The summed E-state index contributed by atoms with van der Waals surface area (Å²) in [6, 6.07) is 16.6. The number of hydrazone groups is 1. The van der Waals surface area contributed by atoms with Crippen LogP contribution in [-0.2, 0) is 20.7 Å². The van der Waals surface area contributed by atoms with Gasteiger partial charge in [0, 0.05) is 68.7 Å². The number of unbranched alkanes of at least 4 members (excludes halogenated alkanes) is 1. The highest BCUT2D eigenvalue weighted by atomic mass is 16.6. The number of alkyl carbamates (subject to hydrolysis) is 1. The van der Waals surface area contributed by atoms with Gasteiger partial charge in [0.1, 0.15) is 6.10 Å². The molecule has 1 aliphatic carbocycles. The van der Waals surface area contributed by atoms with Gasteiger partial charge in [0.05, 0.1) is 32.6 Å². The van der Waals surface area contributed by atoms with Crippen molar-refractivity contribution in [2.45, 2.75) is 82.5 Å². The summed E-state index contributed by atoms with van der Waals surface area (Å²) in [5.41, 5.74) is 8.71. The van der Waals surface area contributed by atoms with Crippen molar-refractivity contribution in [3.8, 4) is 22.6 Å². The quantitative estimate of drug-likeness (QED) is 0.154. The second kappa shape index (κ2) is 18.7. The van der Waals surface area contributed by atoms with E-state index in [1.807, 2.05) is 24.3 Å². The molecular weight excluding hydrogens is 660 g/mol. The standard InChI is InChI=1S/C40H52N6O6/c1-49-37-13-9-28(25-38(37)50-2)18-24-51-36-8-4-3-7-35(36)46-23-17-31(27-46)52-40(48)43-20-6-5-19-42-34-26-30(29-15-21-41-22-16-29)10-11-32(34)33-12-14-39(47)45-44-33/h9-11,13,15-16,21-22,25-26,31,35-36,42H,3-8,12,14,17-20,23-24,27H2,1-2H3,(H,43,48)(H,45,47)/t31-,35-,36-/m1/s1. The SMILES string of the molecule is COc1ccc(CCO[C@@H]2CCCC[C@H]2N2CC[C@@H](OC(=O)NCCCCNc3cc(-c4ccncc4)ccc3C3=NNC(=O)CC3)C2)cc1OC. The third kappa shape index (κ3) is 10.0. The third-order valence-electron chi connectivity index (χ3n) is 10.2. The molecule has 3 N–H and O–H groups in total. The van der Waals surface area contributed by atoms with Gasteiger partial charge in [-0.2, -0.15) is 5.10 Å². The van der Waals surface area contributed by atoms with Crippen LogP contribution >= 0.6 is 0 Å². The maximum Gasteiger partial charge on any atom is 0.407 e. The maximum absolute atomic E-state index is 12.7. The number of benzene rings is 2. The van der Waals surface area contributed by atoms with Crippen LogP contribution in [0.4, 0.5) is 10.5 Å². The Morgan fingerprint density at radius 3 is 2.56 bits per heavy atom. The zero-order valence-electron chi connectivity index (χ0n) is 30.4. The predicted octanol–water partition coefficient (Wildman–Crippen LogP) is 5.94. The molecule has 0 unspecified atom stereocenters. The third-order valence-corrected chi connectivity index (χ3v) is 10.2. The second-order valence-corrected chi connectivity index (χ2v) is 13.7. The number of nitrogens with one attached hydrogen (secondary N) is 3. The van der Waals surface area contributed by atoms with E-state index in [2.05, 4.69) is 55.3 Å². The first-order valence-corrected chi connectivity index (χ1v) is 18.7. The molecule has 0 bridgehead atoms. The van der Waals surface area contributed by atoms with E-state index in [-0.39, 0.29) is 24.2 Å². The Hall–Kier alpha value is -4.68. The average Bonchev–Trinajstić information content (AvgIpc) is 3.65. The fourth-order valence-corrected chi connectivity index (χ4v) is 7.40. The Kier molecular flexibility index (Phi) is 13.3.